The Hall–Kier alpha value is -3.06. The minimum absolute atomic E-state index is 0.138. The number of nitriles is 1. The molecule has 0 spiro atoms. The Kier molecular flexibility index (Phi) is 2.01. The average molecular weight is 259 g/mol. The van der Waals surface area contributed by atoms with Crippen LogP contribution in [0.15, 0.2) is 53.3 Å². The normalized spacial score (nSPS) is 11.2. The van der Waals surface area contributed by atoms with Crippen molar-refractivity contribution >= 4 is 27.3 Å². The lowest BCUT2D eigenvalue weighted by Crippen LogP contribution is -2.09. The first-order chi connectivity index (χ1) is 9.81. The Morgan fingerprint density at radius 2 is 1.60 bits per heavy atom. The van der Waals surface area contributed by atoms with Crippen molar-refractivity contribution in [2.24, 2.45) is 0 Å². The van der Waals surface area contributed by atoms with Gasteiger partial charge >= 0.3 is 0 Å². The molecular formula is C16H9N3O. The molecule has 0 aliphatic heterocycles. The van der Waals surface area contributed by atoms with Crippen molar-refractivity contribution < 1.29 is 0 Å². The Balaban J connectivity index is 2.47. The standard InChI is InChI=1S/C16H9N3O/c17-9-14-10-5-1-2-6-11(10)15-18-16(20)12-7-3-4-8-13(12)19(14)15/h1-8H,(H,18,20). The largest absolute Gasteiger partial charge is 0.307 e. The van der Waals surface area contributed by atoms with Crippen molar-refractivity contribution in [1.29, 1.82) is 5.26 Å². The van der Waals surface area contributed by atoms with Crippen LogP contribution in [0, 0.1) is 11.3 Å². The molecule has 0 radical (unpaired) electrons. The highest BCUT2D eigenvalue weighted by Gasteiger charge is 2.14. The van der Waals surface area contributed by atoms with E-state index < -0.39 is 0 Å². The zero-order chi connectivity index (χ0) is 13.7. The first-order valence-electron chi connectivity index (χ1n) is 6.25. The van der Waals surface area contributed by atoms with Crippen LogP contribution in [0.2, 0.25) is 0 Å². The highest BCUT2D eigenvalue weighted by atomic mass is 16.1. The van der Waals surface area contributed by atoms with Crippen molar-refractivity contribution in [3.05, 3.63) is 64.6 Å². The molecule has 20 heavy (non-hydrogen) atoms. The van der Waals surface area contributed by atoms with E-state index in [9.17, 15) is 10.1 Å². The summed E-state index contributed by atoms with van der Waals surface area (Å²) in [5, 5.41) is 11.8. The van der Waals surface area contributed by atoms with Gasteiger partial charge in [0, 0.05) is 10.8 Å². The quantitative estimate of drug-likeness (QED) is 0.528. The van der Waals surface area contributed by atoms with Gasteiger partial charge in [-0.3, -0.25) is 9.20 Å². The number of aromatic amines is 1. The van der Waals surface area contributed by atoms with E-state index in [1.165, 1.54) is 0 Å². The number of para-hydroxylation sites is 1. The van der Waals surface area contributed by atoms with Crippen LogP contribution in [0.5, 0.6) is 0 Å². The minimum Gasteiger partial charge on any atom is -0.307 e. The zero-order valence-corrected chi connectivity index (χ0v) is 10.4. The number of hydrogen-bond acceptors (Lipinski definition) is 2. The van der Waals surface area contributed by atoms with Crippen molar-refractivity contribution in [1.82, 2.24) is 9.38 Å². The van der Waals surface area contributed by atoms with Crippen LogP contribution in [-0.2, 0) is 0 Å². The molecule has 2 aromatic heterocycles. The molecule has 4 rings (SSSR count). The van der Waals surface area contributed by atoms with Crippen LogP contribution in [0.1, 0.15) is 5.69 Å². The van der Waals surface area contributed by atoms with E-state index in [1.807, 2.05) is 46.9 Å². The molecule has 4 heteroatoms. The fourth-order valence-electron chi connectivity index (χ4n) is 2.76. The van der Waals surface area contributed by atoms with Crippen LogP contribution in [-0.4, -0.2) is 9.38 Å². The van der Waals surface area contributed by atoms with Crippen molar-refractivity contribution in [3.63, 3.8) is 0 Å². The lowest BCUT2D eigenvalue weighted by molar-refractivity contribution is 1.15. The summed E-state index contributed by atoms with van der Waals surface area (Å²) >= 11 is 0. The van der Waals surface area contributed by atoms with Crippen molar-refractivity contribution in [2.75, 3.05) is 0 Å². The van der Waals surface area contributed by atoms with Gasteiger partial charge in [-0.15, -0.1) is 0 Å². The second-order valence-electron chi connectivity index (χ2n) is 4.66. The number of rotatable bonds is 0. The summed E-state index contributed by atoms with van der Waals surface area (Å²) in [7, 11) is 0. The fourth-order valence-corrected chi connectivity index (χ4v) is 2.76. The van der Waals surface area contributed by atoms with Gasteiger partial charge in [-0.2, -0.15) is 5.26 Å². The molecule has 0 amide bonds. The van der Waals surface area contributed by atoms with Crippen LogP contribution in [0.25, 0.3) is 27.3 Å². The fraction of sp³-hybridized carbons (Fsp3) is 0. The third kappa shape index (κ3) is 1.21. The molecule has 0 saturated heterocycles. The van der Waals surface area contributed by atoms with E-state index in [-0.39, 0.29) is 5.56 Å². The second kappa shape index (κ2) is 3.72. The highest BCUT2D eigenvalue weighted by Crippen LogP contribution is 2.27. The molecule has 2 heterocycles. The Bertz CT molecular complexity index is 1080. The average Bonchev–Trinajstić information content (AvgIpc) is 2.82. The van der Waals surface area contributed by atoms with E-state index in [0.717, 1.165) is 16.3 Å². The maximum Gasteiger partial charge on any atom is 0.258 e. The number of aromatic nitrogens is 2. The Morgan fingerprint density at radius 1 is 0.950 bits per heavy atom. The van der Waals surface area contributed by atoms with Gasteiger partial charge in [-0.05, 0) is 12.1 Å². The monoisotopic (exact) mass is 259 g/mol. The maximum absolute atomic E-state index is 12.2. The molecule has 0 fully saturated rings. The number of nitrogens with zero attached hydrogens (tertiary/aromatic N) is 2. The van der Waals surface area contributed by atoms with Gasteiger partial charge < -0.3 is 4.98 Å². The molecule has 4 aromatic rings. The minimum atomic E-state index is -0.138. The molecule has 0 atom stereocenters. The molecule has 0 unspecified atom stereocenters. The van der Waals surface area contributed by atoms with Crippen LogP contribution in [0.4, 0.5) is 0 Å². The molecule has 94 valence electrons. The van der Waals surface area contributed by atoms with Crippen LogP contribution < -0.4 is 5.56 Å². The van der Waals surface area contributed by atoms with Gasteiger partial charge in [0.1, 0.15) is 17.4 Å². The van der Waals surface area contributed by atoms with Gasteiger partial charge in [0.2, 0.25) is 0 Å². The molecule has 2 aromatic carbocycles. The first-order valence-corrected chi connectivity index (χ1v) is 6.25. The summed E-state index contributed by atoms with van der Waals surface area (Å²) < 4.78 is 1.82. The second-order valence-corrected chi connectivity index (χ2v) is 4.66. The Morgan fingerprint density at radius 3 is 2.35 bits per heavy atom. The molecular weight excluding hydrogens is 250 g/mol. The molecule has 0 saturated carbocycles. The van der Waals surface area contributed by atoms with E-state index in [1.54, 1.807) is 6.07 Å². The third-order valence-corrected chi connectivity index (χ3v) is 3.61. The summed E-state index contributed by atoms with van der Waals surface area (Å²) in [6.45, 7) is 0. The first kappa shape index (κ1) is 10.8. The predicted molar refractivity (Wildman–Crippen MR) is 77.7 cm³/mol. The number of fused-ring (bicyclic) bond motifs is 5. The number of hydrogen-bond donors (Lipinski definition) is 1. The molecule has 0 bridgehead atoms. The van der Waals surface area contributed by atoms with Gasteiger partial charge in [0.15, 0.2) is 0 Å². The predicted octanol–water partition coefficient (Wildman–Crippen LogP) is 2.81. The molecule has 1 N–H and O–H groups in total. The third-order valence-electron chi connectivity index (χ3n) is 3.61. The summed E-state index contributed by atoms with van der Waals surface area (Å²) in [6, 6.07) is 17.2. The summed E-state index contributed by atoms with van der Waals surface area (Å²) in [5.41, 5.74) is 1.82. The van der Waals surface area contributed by atoms with E-state index >= 15 is 0 Å². The smallest absolute Gasteiger partial charge is 0.258 e. The SMILES string of the molecule is N#Cc1c2ccccc2c2[nH]c(=O)c3ccccc3n12. The number of H-pyrrole nitrogens is 1. The van der Waals surface area contributed by atoms with Crippen molar-refractivity contribution in [3.8, 4) is 6.07 Å². The van der Waals surface area contributed by atoms with Gasteiger partial charge in [-0.25, -0.2) is 0 Å². The van der Waals surface area contributed by atoms with Gasteiger partial charge in [0.25, 0.3) is 5.56 Å². The molecule has 0 aliphatic carbocycles. The Labute approximate surface area is 113 Å². The summed E-state index contributed by atoms with van der Waals surface area (Å²) in [5.74, 6) is 0. The number of nitrogens with one attached hydrogen (secondary N) is 1. The zero-order valence-electron chi connectivity index (χ0n) is 10.4. The highest BCUT2D eigenvalue weighted by molar-refractivity contribution is 6.02. The molecule has 4 nitrogen and oxygen atoms in total. The lowest BCUT2D eigenvalue weighted by Gasteiger charge is -2.02. The lowest BCUT2D eigenvalue weighted by atomic mass is 10.2. The van der Waals surface area contributed by atoms with E-state index in [2.05, 4.69) is 11.1 Å². The van der Waals surface area contributed by atoms with Crippen molar-refractivity contribution in [2.45, 2.75) is 0 Å². The van der Waals surface area contributed by atoms with E-state index in [4.69, 9.17) is 0 Å². The topological polar surface area (TPSA) is 61.1 Å². The van der Waals surface area contributed by atoms with Crippen LogP contribution in [0.3, 0.4) is 0 Å². The van der Waals surface area contributed by atoms with Gasteiger partial charge in [0.05, 0.1) is 10.9 Å². The number of benzene rings is 2. The van der Waals surface area contributed by atoms with Crippen LogP contribution >= 0.6 is 0 Å². The van der Waals surface area contributed by atoms with E-state index in [0.29, 0.717) is 16.7 Å². The maximum atomic E-state index is 12.2. The summed E-state index contributed by atoms with van der Waals surface area (Å²) in [4.78, 5) is 15.1. The molecule has 0 aliphatic rings. The summed E-state index contributed by atoms with van der Waals surface area (Å²) in [6.07, 6.45) is 0. The van der Waals surface area contributed by atoms with Gasteiger partial charge in [-0.1, -0.05) is 36.4 Å².